The number of nitrogens with zero attached hydrogens (tertiary/aromatic N) is 1. The SMILES string of the molecule is COc1ccc(S(=O)(=O)N(CC(=O)O)C2CC2)cc1Br. The highest BCUT2D eigenvalue weighted by Gasteiger charge is 2.39. The van der Waals surface area contributed by atoms with Gasteiger partial charge in [-0.1, -0.05) is 0 Å². The van der Waals surface area contributed by atoms with Crippen molar-refractivity contribution in [2.75, 3.05) is 13.7 Å². The lowest BCUT2D eigenvalue weighted by atomic mass is 10.3. The van der Waals surface area contributed by atoms with Crippen LogP contribution in [0.15, 0.2) is 27.6 Å². The van der Waals surface area contributed by atoms with Crippen LogP contribution in [0.1, 0.15) is 12.8 Å². The van der Waals surface area contributed by atoms with Crippen LogP contribution in [0.2, 0.25) is 0 Å². The number of carbonyl (C=O) groups is 1. The highest BCUT2D eigenvalue weighted by atomic mass is 79.9. The number of carboxylic acids is 1. The van der Waals surface area contributed by atoms with E-state index in [1.54, 1.807) is 0 Å². The molecule has 0 amide bonds. The molecule has 1 N–H and O–H groups in total. The van der Waals surface area contributed by atoms with E-state index in [9.17, 15) is 13.2 Å². The molecule has 0 bridgehead atoms. The molecular formula is C12H14BrNO5S. The molecule has 6 nitrogen and oxygen atoms in total. The molecule has 0 radical (unpaired) electrons. The van der Waals surface area contributed by atoms with Gasteiger partial charge in [0.15, 0.2) is 0 Å². The van der Waals surface area contributed by atoms with Crippen LogP contribution in [0.25, 0.3) is 0 Å². The van der Waals surface area contributed by atoms with Gasteiger partial charge in [-0.15, -0.1) is 0 Å². The largest absolute Gasteiger partial charge is 0.496 e. The second-order valence-corrected chi connectivity index (χ2v) is 7.22. The number of ether oxygens (including phenoxy) is 1. The van der Waals surface area contributed by atoms with Crippen LogP contribution in [0.5, 0.6) is 5.75 Å². The molecule has 0 spiro atoms. The van der Waals surface area contributed by atoms with Gasteiger partial charge >= 0.3 is 5.97 Å². The molecule has 110 valence electrons. The average Bonchev–Trinajstić information content (AvgIpc) is 3.19. The molecular weight excluding hydrogens is 350 g/mol. The van der Waals surface area contributed by atoms with E-state index in [1.807, 2.05) is 0 Å². The van der Waals surface area contributed by atoms with E-state index in [0.717, 1.165) is 4.31 Å². The molecule has 1 fully saturated rings. The molecule has 1 aliphatic rings. The number of hydrogen-bond donors (Lipinski definition) is 1. The van der Waals surface area contributed by atoms with Gasteiger partial charge < -0.3 is 9.84 Å². The topological polar surface area (TPSA) is 83.9 Å². The van der Waals surface area contributed by atoms with Gasteiger partial charge in [0.2, 0.25) is 10.0 Å². The molecule has 0 saturated heterocycles. The number of rotatable bonds is 6. The number of hydrogen-bond acceptors (Lipinski definition) is 4. The molecule has 1 aromatic carbocycles. The van der Waals surface area contributed by atoms with Gasteiger partial charge in [-0.3, -0.25) is 4.79 Å². The first-order valence-corrected chi connectivity index (χ1v) is 8.16. The Labute approximate surface area is 125 Å². The molecule has 0 atom stereocenters. The van der Waals surface area contributed by atoms with Crippen LogP contribution >= 0.6 is 15.9 Å². The number of benzene rings is 1. The van der Waals surface area contributed by atoms with Crippen molar-refractivity contribution in [1.82, 2.24) is 4.31 Å². The lowest BCUT2D eigenvalue weighted by molar-refractivity contribution is -0.137. The molecule has 8 heteroatoms. The standard InChI is InChI=1S/C12H14BrNO5S/c1-19-11-5-4-9(6-10(11)13)20(17,18)14(7-12(15)16)8-2-3-8/h4-6,8H,2-3,7H2,1H3,(H,15,16). The van der Waals surface area contributed by atoms with Crippen molar-refractivity contribution < 1.29 is 23.1 Å². The minimum absolute atomic E-state index is 0.0540. The quantitative estimate of drug-likeness (QED) is 0.831. The molecule has 1 aliphatic carbocycles. The summed E-state index contributed by atoms with van der Waals surface area (Å²) in [4.78, 5) is 10.9. The predicted octanol–water partition coefficient (Wildman–Crippen LogP) is 1.70. The van der Waals surface area contributed by atoms with Crippen molar-refractivity contribution in [2.24, 2.45) is 0 Å². The second-order valence-electron chi connectivity index (χ2n) is 4.47. The van der Waals surface area contributed by atoms with Gasteiger partial charge in [-0.2, -0.15) is 4.31 Å². The van der Waals surface area contributed by atoms with E-state index in [4.69, 9.17) is 9.84 Å². The molecule has 2 rings (SSSR count). The summed E-state index contributed by atoms with van der Waals surface area (Å²) in [7, 11) is -2.33. The maximum absolute atomic E-state index is 12.5. The number of aliphatic carboxylic acids is 1. The molecule has 0 aliphatic heterocycles. The van der Waals surface area contributed by atoms with Gasteiger partial charge in [0.1, 0.15) is 12.3 Å². The van der Waals surface area contributed by atoms with E-state index < -0.39 is 22.5 Å². The third-order valence-corrected chi connectivity index (χ3v) is 5.49. The minimum Gasteiger partial charge on any atom is -0.496 e. The number of sulfonamides is 1. The van der Waals surface area contributed by atoms with Gasteiger partial charge in [-0.05, 0) is 47.0 Å². The fourth-order valence-electron chi connectivity index (χ4n) is 1.85. The van der Waals surface area contributed by atoms with Crippen molar-refractivity contribution in [2.45, 2.75) is 23.8 Å². The van der Waals surface area contributed by atoms with Crippen molar-refractivity contribution in [3.8, 4) is 5.75 Å². The Bertz CT molecular complexity index is 627. The van der Waals surface area contributed by atoms with Crippen LogP contribution in [-0.2, 0) is 14.8 Å². The molecule has 0 unspecified atom stereocenters. The van der Waals surface area contributed by atoms with E-state index in [2.05, 4.69) is 15.9 Å². The fourth-order valence-corrected chi connectivity index (χ4v) is 4.20. The fraction of sp³-hybridized carbons (Fsp3) is 0.417. The van der Waals surface area contributed by atoms with Gasteiger partial charge in [0.05, 0.1) is 16.5 Å². The Kier molecular flexibility index (Phi) is 4.36. The Morgan fingerprint density at radius 1 is 1.50 bits per heavy atom. The van der Waals surface area contributed by atoms with E-state index in [-0.39, 0.29) is 10.9 Å². The highest BCUT2D eigenvalue weighted by Crippen LogP contribution is 2.34. The minimum atomic E-state index is -3.81. The highest BCUT2D eigenvalue weighted by molar-refractivity contribution is 9.10. The third kappa shape index (κ3) is 3.13. The lowest BCUT2D eigenvalue weighted by Crippen LogP contribution is -2.37. The van der Waals surface area contributed by atoms with Crippen molar-refractivity contribution in [1.29, 1.82) is 0 Å². The van der Waals surface area contributed by atoms with Crippen LogP contribution < -0.4 is 4.74 Å². The normalized spacial score (nSPS) is 15.3. The summed E-state index contributed by atoms with van der Waals surface area (Å²) < 4.78 is 31.6. The Morgan fingerprint density at radius 3 is 2.60 bits per heavy atom. The van der Waals surface area contributed by atoms with Crippen LogP contribution in [0, 0.1) is 0 Å². The maximum Gasteiger partial charge on any atom is 0.318 e. The van der Waals surface area contributed by atoms with E-state index in [1.165, 1.54) is 25.3 Å². The summed E-state index contributed by atoms with van der Waals surface area (Å²) in [6, 6.07) is 4.15. The molecule has 0 heterocycles. The molecule has 1 saturated carbocycles. The average molecular weight is 364 g/mol. The monoisotopic (exact) mass is 363 g/mol. The number of halogens is 1. The van der Waals surface area contributed by atoms with Gasteiger partial charge in [-0.25, -0.2) is 8.42 Å². The summed E-state index contributed by atoms with van der Waals surface area (Å²) in [5.74, 6) is -0.645. The van der Waals surface area contributed by atoms with Crippen molar-refractivity contribution in [3.63, 3.8) is 0 Å². The lowest BCUT2D eigenvalue weighted by Gasteiger charge is -2.20. The van der Waals surface area contributed by atoms with Gasteiger partial charge in [0.25, 0.3) is 0 Å². The van der Waals surface area contributed by atoms with Crippen LogP contribution in [-0.4, -0.2) is 43.5 Å². The summed E-state index contributed by atoms with van der Waals surface area (Å²) in [6.45, 7) is -0.517. The first-order chi connectivity index (χ1) is 9.36. The zero-order valence-corrected chi connectivity index (χ0v) is 13.1. The predicted molar refractivity (Wildman–Crippen MR) is 75.2 cm³/mol. The molecule has 0 aromatic heterocycles. The number of methoxy groups -OCH3 is 1. The number of carboxylic acid groups (broad SMARTS) is 1. The summed E-state index contributed by atoms with van der Waals surface area (Å²) in [5.41, 5.74) is 0. The second kappa shape index (κ2) is 5.71. The Hall–Kier alpha value is -1.12. The van der Waals surface area contributed by atoms with Crippen molar-refractivity contribution >= 4 is 31.9 Å². The Balaban J connectivity index is 2.37. The maximum atomic E-state index is 12.5. The van der Waals surface area contributed by atoms with Gasteiger partial charge in [0, 0.05) is 6.04 Å². The smallest absolute Gasteiger partial charge is 0.318 e. The first-order valence-electron chi connectivity index (χ1n) is 5.93. The van der Waals surface area contributed by atoms with Crippen LogP contribution in [0.3, 0.4) is 0 Å². The molecule has 20 heavy (non-hydrogen) atoms. The zero-order valence-electron chi connectivity index (χ0n) is 10.7. The summed E-state index contributed by atoms with van der Waals surface area (Å²) in [6.07, 6.45) is 1.40. The van der Waals surface area contributed by atoms with Crippen molar-refractivity contribution in [3.05, 3.63) is 22.7 Å². The summed E-state index contributed by atoms with van der Waals surface area (Å²) >= 11 is 3.23. The summed E-state index contributed by atoms with van der Waals surface area (Å²) in [5, 5.41) is 8.87. The van der Waals surface area contributed by atoms with E-state index in [0.29, 0.717) is 23.1 Å². The first kappa shape index (κ1) is 15.3. The van der Waals surface area contributed by atoms with E-state index >= 15 is 0 Å². The Morgan fingerprint density at radius 2 is 2.15 bits per heavy atom. The van der Waals surface area contributed by atoms with Crippen LogP contribution in [0.4, 0.5) is 0 Å². The third-order valence-electron chi connectivity index (χ3n) is 2.98. The molecule has 1 aromatic rings. The zero-order chi connectivity index (χ0) is 14.9.